The average Bonchev–Trinajstić information content (AvgIpc) is 2.58. The Labute approximate surface area is 136 Å². The van der Waals surface area contributed by atoms with E-state index in [2.05, 4.69) is 4.74 Å². The first-order valence-corrected chi connectivity index (χ1v) is 7.46. The smallest absolute Gasteiger partial charge is 0.337 e. The Morgan fingerprint density at radius 1 is 1.30 bits per heavy atom. The summed E-state index contributed by atoms with van der Waals surface area (Å²) in [6.07, 6.45) is -0.702. The maximum Gasteiger partial charge on any atom is 0.337 e. The summed E-state index contributed by atoms with van der Waals surface area (Å²) in [4.78, 5) is 13.4. The fourth-order valence-electron chi connectivity index (χ4n) is 2.09. The number of carbonyl (C=O) groups excluding carboxylic acids is 1. The van der Waals surface area contributed by atoms with Crippen LogP contribution in [0.4, 0.5) is 0 Å². The molecule has 0 aliphatic heterocycles. The third-order valence-corrected chi connectivity index (χ3v) is 3.35. The number of aliphatic hydroxyl groups is 2. The normalized spacial score (nSPS) is 12.1. The minimum atomic E-state index is -0.702. The molecule has 1 atom stereocenters. The molecule has 0 spiro atoms. The molecule has 7 heteroatoms. The van der Waals surface area contributed by atoms with E-state index in [-0.39, 0.29) is 13.2 Å². The fraction of sp³-hybridized carbons (Fsp3) is 0.562. The van der Waals surface area contributed by atoms with Gasteiger partial charge in [-0.15, -0.1) is 0 Å². The van der Waals surface area contributed by atoms with E-state index in [1.807, 2.05) is 11.8 Å². The summed E-state index contributed by atoms with van der Waals surface area (Å²) in [6, 6.07) is 4.70. The summed E-state index contributed by atoms with van der Waals surface area (Å²) in [5.74, 6) is 0.365. The van der Waals surface area contributed by atoms with Crippen LogP contribution in [0.2, 0.25) is 0 Å². The van der Waals surface area contributed by atoms with E-state index >= 15 is 0 Å². The number of hydrogen-bond donors (Lipinski definition) is 2. The molecule has 1 aromatic carbocycles. The number of rotatable bonds is 10. The zero-order chi connectivity index (χ0) is 17.2. The quantitative estimate of drug-likeness (QED) is 0.606. The highest BCUT2D eigenvalue weighted by atomic mass is 16.5. The highest BCUT2D eigenvalue weighted by Gasteiger charge is 2.14. The van der Waals surface area contributed by atoms with Crippen LogP contribution in [-0.4, -0.2) is 74.3 Å². The molecule has 0 aliphatic carbocycles. The molecule has 23 heavy (non-hydrogen) atoms. The first kappa shape index (κ1) is 19.2. The molecule has 0 radical (unpaired) electrons. The number of methoxy groups -OCH3 is 2. The molecule has 0 aliphatic rings. The summed E-state index contributed by atoms with van der Waals surface area (Å²) >= 11 is 0. The van der Waals surface area contributed by atoms with Crippen molar-refractivity contribution in [3.63, 3.8) is 0 Å². The second-order valence-electron chi connectivity index (χ2n) is 4.94. The lowest BCUT2D eigenvalue weighted by Crippen LogP contribution is -2.37. The van der Waals surface area contributed by atoms with Crippen molar-refractivity contribution in [3.8, 4) is 11.5 Å². The van der Waals surface area contributed by atoms with E-state index < -0.39 is 12.1 Å². The van der Waals surface area contributed by atoms with E-state index in [0.29, 0.717) is 30.2 Å². The molecule has 7 nitrogen and oxygen atoms in total. The number of benzene rings is 1. The van der Waals surface area contributed by atoms with Crippen molar-refractivity contribution in [2.75, 3.05) is 47.1 Å². The van der Waals surface area contributed by atoms with Crippen molar-refractivity contribution in [1.29, 1.82) is 0 Å². The van der Waals surface area contributed by atoms with Gasteiger partial charge in [-0.05, 0) is 24.7 Å². The van der Waals surface area contributed by atoms with Crippen molar-refractivity contribution < 1.29 is 29.2 Å². The lowest BCUT2D eigenvalue weighted by Gasteiger charge is -2.23. The predicted molar refractivity (Wildman–Crippen MR) is 85.0 cm³/mol. The number of hydrogen-bond acceptors (Lipinski definition) is 7. The standard InChI is InChI=1S/C16H25NO6/c1-4-17(7-8-18)10-13(19)11-23-14-6-5-12(16(20)22-3)9-15(14)21-2/h5-6,9,13,18-19H,4,7-8,10-11H2,1-3H3. The average molecular weight is 327 g/mol. The Morgan fingerprint density at radius 3 is 2.61 bits per heavy atom. The minimum absolute atomic E-state index is 0.0459. The van der Waals surface area contributed by atoms with Gasteiger partial charge in [0.25, 0.3) is 0 Å². The van der Waals surface area contributed by atoms with E-state index in [0.717, 1.165) is 6.54 Å². The van der Waals surface area contributed by atoms with Crippen LogP contribution in [0.15, 0.2) is 18.2 Å². The van der Waals surface area contributed by atoms with E-state index in [4.69, 9.17) is 14.6 Å². The molecular formula is C16H25NO6. The molecule has 2 N–H and O–H groups in total. The Bertz CT molecular complexity index is 493. The minimum Gasteiger partial charge on any atom is -0.493 e. The number of nitrogens with zero attached hydrogens (tertiary/aromatic N) is 1. The van der Waals surface area contributed by atoms with Crippen molar-refractivity contribution in [1.82, 2.24) is 4.90 Å². The van der Waals surface area contributed by atoms with Crippen LogP contribution in [0.1, 0.15) is 17.3 Å². The molecular weight excluding hydrogens is 302 g/mol. The molecule has 1 rings (SSSR count). The zero-order valence-corrected chi connectivity index (χ0v) is 13.8. The maximum atomic E-state index is 11.5. The number of esters is 1. The Balaban J connectivity index is 2.64. The largest absolute Gasteiger partial charge is 0.493 e. The summed E-state index contributed by atoms with van der Waals surface area (Å²) in [5, 5.41) is 19.0. The number of ether oxygens (including phenoxy) is 3. The summed E-state index contributed by atoms with van der Waals surface area (Å²) < 4.78 is 15.4. The third kappa shape index (κ3) is 6.05. The van der Waals surface area contributed by atoms with Gasteiger partial charge in [-0.2, -0.15) is 0 Å². The van der Waals surface area contributed by atoms with Gasteiger partial charge in [0.2, 0.25) is 0 Å². The van der Waals surface area contributed by atoms with Crippen LogP contribution in [0.3, 0.4) is 0 Å². The van der Waals surface area contributed by atoms with Gasteiger partial charge >= 0.3 is 5.97 Å². The lowest BCUT2D eigenvalue weighted by molar-refractivity contribution is 0.0595. The molecule has 0 bridgehead atoms. The monoisotopic (exact) mass is 327 g/mol. The van der Waals surface area contributed by atoms with Gasteiger partial charge in [0.15, 0.2) is 11.5 Å². The Hall–Kier alpha value is -1.83. The van der Waals surface area contributed by atoms with Crippen LogP contribution in [0, 0.1) is 0 Å². The SMILES string of the molecule is CCN(CCO)CC(O)COc1ccc(C(=O)OC)cc1OC. The van der Waals surface area contributed by atoms with Gasteiger partial charge in [-0.3, -0.25) is 4.90 Å². The summed E-state index contributed by atoms with van der Waals surface area (Å²) in [7, 11) is 2.78. The molecule has 130 valence electrons. The molecule has 1 unspecified atom stereocenters. The van der Waals surface area contributed by atoms with E-state index in [1.165, 1.54) is 20.3 Å². The Morgan fingerprint density at radius 2 is 2.04 bits per heavy atom. The molecule has 1 aromatic rings. The van der Waals surface area contributed by atoms with E-state index in [9.17, 15) is 9.90 Å². The van der Waals surface area contributed by atoms with Crippen molar-refractivity contribution >= 4 is 5.97 Å². The highest BCUT2D eigenvalue weighted by molar-refractivity contribution is 5.90. The topological polar surface area (TPSA) is 88.5 Å². The van der Waals surface area contributed by atoms with Crippen LogP contribution in [0.5, 0.6) is 11.5 Å². The molecule has 0 amide bonds. The van der Waals surface area contributed by atoms with Gasteiger partial charge in [0, 0.05) is 13.1 Å². The maximum absolute atomic E-state index is 11.5. The Kier molecular flexibility index (Phi) is 8.39. The van der Waals surface area contributed by atoms with Crippen molar-refractivity contribution in [3.05, 3.63) is 23.8 Å². The molecule has 0 heterocycles. The van der Waals surface area contributed by atoms with E-state index in [1.54, 1.807) is 12.1 Å². The van der Waals surface area contributed by atoms with Crippen LogP contribution >= 0.6 is 0 Å². The third-order valence-electron chi connectivity index (χ3n) is 3.35. The van der Waals surface area contributed by atoms with Crippen LogP contribution in [-0.2, 0) is 4.74 Å². The van der Waals surface area contributed by atoms with Crippen molar-refractivity contribution in [2.45, 2.75) is 13.0 Å². The fourth-order valence-corrected chi connectivity index (χ4v) is 2.09. The van der Waals surface area contributed by atoms with Crippen LogP contribution < -0.4 is 9.47 Å². The van der Waals surface area contributed by atoms with Gasteiger partial charge < -0.3 is 24.4 Å². The van der Waals surface area contributed by atoms with Gasteiger partial charge in [0.1, 0.15) is 12.7 Å². The highest BCUT2D eigenvalue weighted by Crippen LogP contribution is 2.28. The number of likely N-dealkylation sites (N-methyl/N-ethyl adjacent to an activating group) is 1. The second-order valence-corrected chi connectivity index (χ2v) is 4.94. The number of aliphatic hydroxyl groups excluding tert-OH is 2. The molecule has 0 fully saturated rings. The first-order valence-electron chi connectivity index (χ1n) is 7.46. The number of carbonyl (C=O) groups is 1. The molecule has 0 aromatic heterocycles. The van der Waals surface area contributed by atoms with Crippen molar-refractivity contribution in [2.24, 2.45) is 0 Å². The predicted octanol–water partition coefficient (Wildman–Crippen LogP) is 0.536. The first-order chi connectivity index (χ1) is 11.0. The molecule has 0 saturated carbocycles. The summed E-state index contributed by atoms with van der Waals surface area (Å²) in [6.45, 7) is 3.72. The molecule has 0 saturated heterocycles. The zero-order valence-electron chi connectivity index (χ0n) is 13.8. The summed E-state index contributed by atoms with van der Waals surface area (Å²) in [5.41, 5.74) is 0.359. The lowest BCUT2D eigenvalue weighted by atomic mass is 10.2. The van der Waals surface area contributed by atoms with Gasteiger partial charge in [-0.1, -0.05) is 6.92 Å². The second kappa shape index (κ2) is 10.0. The van der Waals surface area contributed by atoms with Gasteiger partial charge in [-0.25, -0.2) is 4.79 Å². The van der Waals surface area contributed by atoms with Gasteiger partial charge in [0.05, 0.1) is 26.4 Å². The van der Waals surface area contributed by atoms with Crippen LogP contribution in [0.25, 0.3) is 0 Å².